The highest BCUT2D eigenvalue weighted by Crippen LogP contribution is 2.36. The van der Waals surface area contributed by atoms with Crippen LogP contribution in [0.2, 0.25) is 0 Å². The van der Waals surface area contributed by atoms with Gasteiger partial charge in [-0.15, -0.1) is 11.3 Å². The van der Waals surface area contributed by atoms with Crippen LogP contribution in [0.4, 0.5) is 5.13 Å². The number of amides is 1. The number of fused-ring (bicyclic) bond motifs is 1. The highest BCUT2D eigenvalue weighted by molar-refractivity contribution is 7.13. The van der Waals surface area contributed by atoms with E-state index in [0.717, 1.165) is 18.5 Å². The second-order valence-corrected chi connectivity index (χ2v) is 6.43. The predicted molar refractivity (Wildman–Crippen MR) is 86.8 cm³/mol. The summed E-state index contributed by atoms with van der Waals surface area (Å²) in [5.41, 5.74) is 2.94. The Morgan fingerprint density at radius 3 is 3.05 bits per heavy atom. The van der Waals surface area contributed by atoms with Gasteiger partial charge in [-0.3, -0.25) is 10.1 Å². The maximum absolute atomic E-state index is 11.0. The Labute approximate surface area is 133 Å². The molecule has 1 heterocycles. The molecule has 0 saturated carbocycles. The van der Waals surface area contributed by atoms with E-state index in [1.54, 1.807) is 0 Å². The molecule has 1 aromatic carbocycles. The van der Waals surface area contributed by atoms with E-state index >= 15 is 0 Å². The van der Waals surface area contributed by atoms with Gasteiger partial charge in [-0.1, -0.05) is 24.3 Å². The number of nitrogens with one attached hydrogen (secondary N) is 2. The number of benzene rings is 1. The van der Waals surface area contributed by atoms with Crippen LogP contribution >= 0.6 is 11.3 Å². The van der Waals surface area contributed by atoms with Crippen molar-refractivity contribution < 1.29 is 9.90 Å². The smallest absolute Gasteiger partial charge is 0.223 e. The lowest BCUT2D eigenvalue weighted by molar-refractivity contribution is -0.114. The van der Waals surface area contributed by atoms with Crippen molar-refractivity contribution in [2.24, 2.45) is 0 Å². The minimum absolute atomic E-state index is 0.0622. The monoisotopic (exact) mass is 317 g/mol. The summed E-state index contributed by atoms with van der Waals surface area (Å²) >= 11 is 1.41. The molecule has 2 aromatic rings. The van der Waals surface area contributed by atoms with E-state index < -0.39 is 5.54 Å². The predicted octanol–water partition coefficient (Wildman–Crippen LogP) is 2.03. The largest absolute Gasteiger partial charge is 0.394 e. The molecule has 116 valence electrons. The highest BCUT2D eigenvalue weighted by atomic mass is 32.1. The quantitative estimate of drug-likeness (QED) is 0.789. The standard InChI is InChI=1S/C16H19N3O2S/c1-11(21)18-15-19-13(9-22-15)8-17-16(10-20)7-6-12-4-2-3-5-14(12)16/h2-5,9,17,20H,6-8,10H2,1H3,(H,18,19,21). The Balaban J connectivity index is 1.72. The van der Waals surface area contributed by atoms with Gasteiger partial charge in [-0.05, 0) is 24.0 Å². The van der Waals surface area contributed by atoms with Crippen molar-refractivity contribution in [3.63, 3.8) is 0 Å². The average molecular weight is 317 g/mol. The zero-order valence-corrected chi connectivity index (χ0v) is 13.2. The summed E-state index contributed by atoms with van der Waals surface area (Å²) in [6.07, 6.45) is 1.85. The van der Waals surface area contributed by atoms with E-state index in [-0.39, 0.29) is 12.5 Å². The first-order chi connectivity index (χ1) is 10.6. The van der Waals surface area contributed by atoms with E-state index in [9.17, 15) is 9.90 Å². The van der Waals surface area contributed by atoms with Crippen molar-refractivity contribution in [3.05, 3.63) is 46.5 Å². The number of aliphatic hydroxyl groups is 1. The van der Waals surface area contributed by atoms with Gasteiger partial charge >= 0.3 is 0 Å². The summed E-state index contributed by atoms with van der Waals surface area (Å²) in [5.74, 6) is -0.120. The van der Waals surface area contributed by atoms with Crippen molar-refractivity contribution >= 4 is 22.4 Å². The van der Waals surface area contributed by atoms with Gasteiger partial charge in [0.15, 0.2) is 5.13 Å². The summed E-state index contributed by atoms with van der Waals surface area (Å²) < 4.78 is 0. The molecule has 0 saturated heterocycles. The molecule has 0 bridgehead atoms. The molecule has 0 radical (unpaired) electrons. The van der Waals surface area contributed by atoms with Crippen molar-refractivity contribution in [1.82, 2.24) is 10.3 Å². The minimum atomic E-state index is -0.394. The van der Waals surface area contributed by atoms with Gasteiger partial charge in [0.05, 0.1) is 17.8 Å². The summed E-state index contributed by atoms with van der Waals surface area (Å²) in [5, 5.41) is 18.6. The van der Waals surface area contributed by atoms with Crippen LogP contribution in [-0.2, 0) is 23.3 Å². The van der Waals surface area contributed by atoms with Crippen molar-refractivity contribution in [3.8, 4) is 0 Å². The number of hydrogen-bond acceptors (Lipinski definition) is 5. The SMILES string of the molecule is CC(=O)Nc1nc(CNC2(CO)CCc3ccccc32)cs1. The fourth-order valence-corrected chi connectivity index (χ4v) is 3.70. The summed E-state index contributed by atoms with van der Waals surface area (Å²) in [6, 6.07) is 8.24. The lowest BCUT2D eigenvalue weighted by Crippen LogP contribution is -2.43. The number of anilines is 1. The van der Waals surface area contributed by atoms with Gasteiger partial charge in [-0.25, -0.2) is 4.98 Å². The number of aromatic nitrogens is 1. The van der Waals surface area contributed by atoms with E-state index in [2.05, 4.69) is 27.8 Å². The molecule has 0 fully saturated rings. The van der Waals surface area contributed by atoms with Crippen LogP contribution in [-0.4, -0.2) is 22.6 Å². The molecule has 22 heavy (non-hydrogen) atoms. The third-order valence-electron chi connectivity index (χ3n) is 4.07. The molecule has 1 atom stereocenters. The number of aliphatic hydroxyl groups excluding tert-OH is 1. The van der Waals surface area contributed by atoms with Crippen LogP contribution in [0.15, 0.2) is 29.6 Å². The van der Waals surface area contributed by atoms with Gasteiger partial charge in [0, 0.05) is 18.8 Å². The molecule has 1 amide bonds. The second-order valence-electron chi connectivity index (χ2n) is 5.58. The van der Waals surface area contributed by atoms with Crippen molar-refractivity contribution in [1.29, 1.82) is 0 Å². The lowest BCUT2D eigenvalue weighted by atomic mass is 9.92. The van der Waals surface area contributed by atoms with Crippen LogP contribution in [0.3, 0.4) is 0 Å². The van der Waals surface area contributed by atoms with Crippen LogP contribution in [0.1, 0.15) is 30.2 Å². The summed E-state index contributed by atoms with van der Waals surface area (Å²) in [7, 11) is 0. The molecular weight excluding hydrogens is 298 g/mol. The minimum Gasteiger partial charge on any atom is -0.394 e. The van der Waals surface area contributed by atoms with Gasteiger partial charge in [0.25, 0.3) is 0 Å². The molecule has 3 N–H and O–H groups in total. The Kier molecular flexibility index (Phi) is 4.24. The topological polar surface area (TPSA) is 74.2 Å². The molecule has 1 aliphatic rings. The average Bonchev–Trinajstić information content (AvgIpc) is 3.10. The Morgan fingerprint density at radius 1 is 1.45 bits per heavy atom. The van der Waals surface area contributed by atoms with Crippen molar-refractivity contribution in [2.75, 3.05) is 11.9 Å². The van der Waals surface area contributed by atoms with E-state index in [1.807, 2.05) is 17.5 Å². The number of carbonyl (C=O) groups is 1. The fraction of sp³-hybridized carbons (Fsp3) is 0.375. The Morgan fingerprint density at radius 2 is 2.27 bits per heavy atom. The number of rotatable bonds is 5. The maximum atomic E-state index is 11.0. The zero-order chi connectivity index (χ0) is 15.6. The first kappa shape index (κ1) is 15.1. The first-order valence-electron chi connectivity index (χ1n) is 7.29. The number of aryl methyl sites for hydroxylation is 1. The molecule has 6 heteroatoms. The normalized spacial score (nSPS) is 19.9. The van der Waals surface area contributed by atoms with E-state index in [4.69, 9.17) is 0 Å². The third-order valence-corrected chi connectivity index (χ3v) is 4.87. The molecule has 3 rings (SSSR count). The molecule has 1 aromatic heterocycles. The lowest BCUT2D eigenvalue weighted by Gasteiger charge is -2.29. The molecule has 0 aliphatic heterocycles. The van der Waals surface area contributed by atoms with E-state index in [0.29, 0.717) is 11.7 Å². The van der Waals surface area contributed by atoms with Crippen LogP contribution in [0.25, 0.3) is 0 Å². The summed E-state index contributed by atoms with van der Waals surface area (Å²) in [4.78, 5) is 15.4. The van der Waals surface area contributed by atoms with Crippen molar-refractivity contribution in [2.45, 2.75) is 31.8 Å². The zero-order valence-electron chi connectivity index (χ0n) is 12.4. The number of nitrogens with zero attached hydrogens (tertiary/aromatic N) is 1. The third kappa shape index (κ3) is 2.90. The Bertz CT molecular complexity index is 686. The van der Waals surface area contributed by atoms with Gasteiger partial charge in [0.2, 0.25) is 5.91 Å². The molecular formula is C16H19N3O2S. The molecule has 1 unspecified atom stereocenters. The van der Waals surface area contributed by atoms with Gasteiger partial charge in [0.1, 0.15) is 0 Å². The van der Waals surface area contributed by atoms with Crippen LogP contribution < -0.4 is 10.6 Å². The second kappa shape index (κ2) is 6.16. The molecule has 0 spiro atoms. The first-order valence-corrected chi connectivity index (χ1v) is 8.17. The summed E-state index contributed by atoms with van der Waals surface area (Å²) in [6.45, 7) is 2.09. The molecule has 1 aliphatic carbocycles. The number of hydrogen-bond donors (Lipinski definition) is 3. The van der Waals surface area contributed by atoms with Gasteiger partial charge in [-0.2, -0.15) is 0 Å². The number of thiazole rings is 1. The Hall–Kier alpha value is -1.76. The van der Waals surface area contributed by atoms with Crippen LogP contribution in [0.5, 0.6) is 0 Å². The number of carbonyl (C=O) groups excluding carboxylic acids is 1. The van der Waals surface area contributed by atoms with E-state index in [1.165, 1.54) is 29.4 Å². The maximum Gasteiger partial charge on any atom is 0.223 e. The fourth-order valence-electron chi connectivity index (χ4n) is 2.95. The molecule has 5 nitrogen and oxygen atoms in total. The highest BCUT2D eigenvalue weighted by Gasteiger charge is 2.37. The van der Waals surface area contributed by atoms with Gasteiger partial charge < -0.3 is 10.4 Å². The van der Waals surface area contributed by atoms with Crippen LogP contribution in [0, 0.1) is 0 Å².